The fourth-order valence-corrected chi connectivity index (χ4v) is 3.21. The summed E-state index contributed by atoms with van der Waals surface area (Å²) in [6.07, 6.45) is 9.76. The molecule has 0 heterocycles. The Morgan fingerprint density at radius 2 is 2.00 bits per heavy atom. The Labute approximate surface area is 156 Å². The summed E-state index contributed by atoms with van der Waals surface area (Å²) in [5, 5.41) is 38.9. The zero-order valence-corrected chi connectivity index (χ0v) is 15.7. The normalized spacial score (nSPS) is 27.5. The highest BCUT2D eigenvalue weighted by Gasteiger charge is 2.39. The Bertz CT molecular complexity index is 448. The zero-order chi connectivity index (χ0) is 19.4. The van der Waals surface area contributed by atoms with Gasteiger partial charge >= 0.3 is 5.97 Å². The molecular formula is C20H34O6. The molecule has 1 saturated carbocycles. The summed E-state index contributed by atoms with van der Waals surface area (Å²) in [7, 11) is 0. The summed E-state index contributed by atoms with van der Waals surface area (Å²) < 4.78 is 5.38. The van der Waals surface area contributed by atoms with Crippen LogP contribution in [0.25, 0.3) is 0 Å². The van der Waals surface area contributed by atoms with Crippen molar-refractivity contribution in [2.45, 2.75) is 70.2 Å². The first kappa shape index (κ1) is 22.8. The van der Waals surface area contributed by atoms with Crippen molar-refractivity contribution >= 4 is 5.97 Å². The van der Waals surface area contributed by atoms with E-state index in [1.807, 2.05) is 12.2 Å². The number of hydrogen-bond donors (Lipinski definition) is 4. The zero-order valence-electron chi connectivity index (χ0n) is 15.7. The van der Waals surface area contributed by atoms with Crippen LogP contribution in [0.1, 0.15) is 51.9 Å². The van der Waals surface area contributed by atoms with E-state index in [1.165, 1.54) is 0 Å². The number of rotatable bonds is 13. The number of ether oxygens (including phenoxy) is 1. The summed E-state index contributed by atoms with van der Waals surface area (Å²) in [5.41, 5.74) is 0. The molecule has 5 atom stereocenters. The molecule has 0 spiro atoms. The standard InChI is InChI=1S/C20H34O6/c1-2-3-12-26-14-15(21)10-11-17-16(18(22)13-19(17)23)8-6-4-5-7-9-20(24)25/h4,6,10-11,15-19,21-23H,2-3,5,7-9,12-14H2,1H3,(H,24,25)/b6-4-,11-10+/t15-,16-,17-,18+,19-/m1/s1. The van der Waals surface area contributed by atoms with Crippen LogP contribution in [0.4, 0.5) is 0 Å². The fourth-order valence-electron chi connectivity index (χ4n) is 3.21. The second kappa shape index (κ2) is 13.0. The van der Waals surface area contributed by atoms with Crippen molar-refractivity contribution in [2.75, 3.05) is 13.2 Å². The van der Waals surface area contributed by atoms with Crippen molar-refractivity contribution in [3.63, 3.8) is 0 Å². The van der Waals surface area contributed by atoms with Crippen LogP contribution in [0.15, 0.2) is 24.3 Å². The molecule has 0 amide bonds. The molecule has 0 aromatic carbocycles. The van der Waals surface area contributed by atoms with Crippen LogP contribution in [0.5, 0.6) is 0 Å². The molecule has 26 heavy (non-hydrogen) atoms. The summed E-state index contributed by atoms with van der Waals surface area (Å²) >= 11 is 0. The molecule has 1 aliphatic carbocycles. The van der Waals surface area contributed by atoms with Crippen LogP contribution in [-0.2, 0) is 9.53 Å². The summed E-state index contributed by atoms with van der Waals surface area (Å²) in [6.45, 7) is 2.94. The van der Waals surface area contributed by atoms with E-state index < -0.39 is 24.3 Å². The maximum Gasteiger partial charge on any atom is 0.303 e. The third-order valence-corrected chi connectivity index (χ3v) is 4.74. The van der Waals surface area contributed by atoms with Gasteiger partial charge in [-0.1, -0.05) is 37.6 Å². The van der Waals surface area contributed by atoms with Crippen LogP contribution in [0.2, 0.25) is 0 Å². The van der Waals surface area contributed by atoms with Crippen LogP contribution < -0.4 is 0 Å². The topological polar surface area (TPSA) is 107 Å². The van der Waals surface area contributed by atoms with E-state index in [4.69, 9.17) is 9.84 Å². The van der Waals surface area contributed by atoms with E-state index in [0.29, 0.717) is 32.3 Å². The first-order valence-electron chi connectivity index (χ1n) is 9.62. The molecule has 0 saturated heterocycles. The van der Waals surface area contributed by atoms with E-state index in [1.54, 1.807) is 12.2 Å². The predicted molar refractivity (Wildman–Crippen MR) is 99.7 cm³/mol. The second-order valence-corrected chi connectivity index (χ2v) is 6.99. The minimum Gasteiger partial charge on any atom is -0.481 e. The van der Waals surface area contributed by atoms with Crippen LogP contribution in [-0.4, -0.2) is 57.9 Å². The molecule has 6 heteroatoms. The first-order chi connectivity index (χ1) is 12.5. The van der Waals surface area contributed by atoms with Gasteiger partial charge in [0.15, 0.2) is 0 Å². The average Bonchev–Trinajstić information content (AvgIpc) is 2.85. The molecule has 0 bridgehead atoms. The second-order valence-electron chi connectivity index (χ2n) is 6.99. The van der Waals surface area contributed by atoms with Crippen LogP contribution >= 0.6 is 0 Å². The maximum atomic E-state index is 10.5. The smallest absolute Gasteiger partial charge is 0.303 e. The van der Waals surface area contributed by atoms with Gasteiger partial charge in [-0.2, -0.15) is 0 Å². The lowest BCUT2D eigenvalue weighted by Gasteiger charge is -2.19. The highest BCUT2D eigenvalue weighted by molar-refractivity contribution is 5.66. The van der Waals surface area contributed by atoms with Gasteiger partial charge in [0.1, 0.15) is 0 Å². The van der Waals surface area contributed by atoms with Gasteiger partial charge in [-0.05, 0) is 31.6 Å². The van der Waals surface area contributed by atoms with Gasteiger partial charge in [0.2, 0.25) is 0 Å². The number of aliphatic hydroxyl groups excluding tert-OH is 3. The lowest BCUT2D eigenvalue weighted by atomic mass is 9.89. The summed E-state index contributed by atoms with van der Waals surface area (Å²) in [5.74, 6) is -1.11. The SMILES string of the molecule is CCCCOC[C@H](O)/C=C/[C@@H]1[C@@H](C/C=C\CCCC(=O)O)[C@@H](O)C[C@H]1O. The van der Waals surface area contributed by atoms with Gasteiger partial charge < -0.3 is 25.2 Å². The van der Waals surface area contributed by atoms with Crippen LogP contribution in [0, 0.1) is 11.8 Å². The third kappa shape index (κ3) is 8.94. The Hall–Kier alpha value is -1.21. The Morgan fingerprint density at radius 1 is 1.23 bits per heavy atom. The van der Waals surface area contributed by atoms with E-state index in [2.05, 4.69) is 6.92 Å². The van der Waals surface area contributed by atoms with Crippen molar-refractivity contribution < 1.29 is 30.0 Å². The lowest BCUT2D eigenvalue weighted by molar-refractivity contribution is -0.137. The average molecular weight is 370 g/mol. The molecule has 0 radical (unpaired) electrons. The largest absolute Gasteiger partial charge is 0.481 e. The number of carboxylic acid groups (broad SMARTS) is 1. The molecule has 0 aliphatic heterocycles. The van der Waals surface area contributed by atoms with Gasteiger partial charge in [-0.25, -0.2) is 0 Å². The molecule has 4 N–H and O–H groups in total. The van der Waals surface area contributed by atoms with Crippen molar-refractivity contribution in [2.24, 2.45) is 11.8 Å². The molecule has 6 nitrogen and oxygen atoms in total. The van der Waals surface area contributed by atoms with E-state index >= 15 is 0 Å². The first-order valence-corrected chi connectivity index (χ1v) is 9.62. The Kier molecular flexibility index (Phi) is 11.4. The highest BCUT2D eigenvalue weighted by Crippen LogP contribution is 2.36. The van der Waals surface area contributed by atoms with Gasteiger partial charge in [0.05, 0.1) is 24.9 Å². The van der Waals surface area contributed by atoms with E-state index in [0.717, 1.165) is 12.8 Å². The van der Waals surface area contributed by atoms with Gasteiger partial charge in [-0.3, -0.25) is 4.79 Å². The molecule has 1 rings (SSSR count). The Morgan fingerprint density at radius 3 is 2.69 bits per heavy atom. The van der Waals surface area contributed by atoms with Crippen LogP contribution in [0.3, 0.4) is 0 Å². The number of hydrogen-bond acceptors (Lipinski definition) is 5. The molecule has 1 aliphatic rings. The van der Waals surface area contributed by atoms with E-state index in [-0.39, 0.29) is 24.9 Å². The molecule has 0 aromatic heterocycles. The van der Waals surface area contributed by atoms with Gasteiger partial charge in [-0.15, -0.1) is 0 Å². The van der Waals surface area contributed by atoms with Crippen molar-refractivity contribution in [3.8, 4) is 0 Å². The number of carbonyl (C=O) groups is 1. The Balaban J connectivity index is 2.44. The van der Waals surface area contributed by atoms with Gasteiger partial charge in [0.25, 0.3) is 0 Å². The number of aliphatic hydroxyl groups is 3. The summed E-state index contributed by atoms with van der Waals surface area (Å²) in [4.78, 5) is 10.5. The molecule has 0 unspecified atom stereocenters. The minimum absolute atomic E-state index is 0.106. The maximum absolute atomic E-state index is 10.5. The monoisotopic (exact) mass is 370 g/mol. The quantitative estimate of drug-likeness (QED) is 0.293. The van der Waals surface area contributed by atoms with Gasteiger partial charge in [0, 0.05) is 25.4 Å². The third-order valence-electron chi connectivity index (χ3n) is 4.74. The fraction of sp³-hybridized carbons (Fsp3) is 0.750. The van der Waals surface area contributed by atoms with E-state index in [9.17, 15) is 20.1 Å². The molecule has 0 aromatic rings. The summed E-state index contributed by atoms with van der Waals surface area (Å²) in [6, 6.07) is 0. The van der Waals surface area contributed by atoms with Crippen molar-refractivity contribution in [1.29, 1.82) is 0 Å². The molecular weight excluding hydrogens is 336 g/mol. The predicted octanol–water partition coefficient (Wildman–Crippen LogP) is 2.28. The highest BCUT2D eigenvalue weighted by atomic mass is 16.5. The number of aliphatic carboxylic acids is 1. The molecule has 150 valence electrons. The van der Waals surface area contributed by atoms with Crippen molar-refractivity contribution in [1.82, 2.24) is 0 Å². The molecule has 1 fully saturated rings. The minimum atomic E-state index is -0.796. The number of allylic oxidation sites excluding steroid dienone is 2. The number of carboxylic acids is 1. The lowest BCUT2D eigenvalue weighted by Crippen LogP contribution is -2.21. The van der Waals surface area contributed by atoms with Crippen molar-refractivity contribution in [3.05, 3.63) is 24.3 Å². The number of unbranched alkanes of at least 4 members (excludes halogenated alkanes) is 2.